The molecule has 4 amide bonds. The van der Waals surface area contributed by atoms with Crippen molar-refractivity contribution < 1.29 is 19.2 Å². The third-order valence-electron chi connectivity index (χ3n) is 7.07. The lowest BCUT2D eigenvalue weighted by atomic mass is 9.97. The van der Waals surface area contributed by atoms with Gasteiger partial charge in [-0.2, -0.15) is 0 Å². The average Bonchev–Trinajstić information content (AvgIpc) is 3.34. The fourth-order valence-corrected chi connectivity index (χ4v) is 5.28. The van der Waals surface area contributed by atoms with Crippen LogP contribution in [0.15, 0.2) is 24.3 Å². The summed E-state index contributed by atoms with van der Waals surface area (Å²) in [7, 11) is 0. The highest BCUT2D eigenvalue weighted by Gasteiger charge is 2.48. The molecule has 3 aliphatic rings. The Morgan fingerprint density at radius 2 is 1.48 bits per heavy atom. The number of amides is 4. The molecule has 1 aromatic carbocycles. The van der Waals surface area contributed by atoms with Gasteiger partial charge in [0.25, 0.3) is 5.91 Å². The van der Waals surface area contributed by atoms with Crippen molar-refractivity contribution in [2.24, 2.45) is 17.8 Å². The lowest BCUT2D eigenvalue weighted by Crippen LogP contribution is -2.63. The summed E-state index contributed by atoms with van der Waals surface area (Å²) >= 11 is 0. The van der Waals surface area contributed by atoms with Gasteiger partial charge < -0.3 is 15.5 Å². The van der Waals surface area contributed by atoms with Crippen LogP contribution < -0.4 is 15.5 Å². The van der Waals surface area contributed by atoms with Gasteiger partial charge in [-0.05, 0) is 35.8 Å². The van der Waals surface area contributed by atoms with Crippen molar-refractivity contribution in [3.8, 4) is 0 Å². The van der Waals surface area contributed by atoms with Gasteiger partial charge in [0, 0.05) is 18.7 Å². The van der Waals surface area contributed by atoms with E-state index in [0.717, 1.165) is 5.56 Å². The smallest absolute Gasteiger partial charge is 0.250 e. The van der Waals surface area contributed by atoms with Crippen LogP contribution in [-0.4, -0.2) is 59.2 Å². The van der Waals surface area contributed by atoms with Crippen molar-refractivity contribution in [2.45, 2.75) is 71.6 Å². The van der Waals surface area contributed by atoms with Crippen molar-refractivity contribution in [1.82, 2.24) is 15.5 Å². The number of fused-ring (bicyclic) bond motifs is 4. The highest BCUT2D eigenvalue weighted by Crippen LogP contribution is 2.36. The Morgan fingerprint density at radius 3 is 2.15 bits per heavy atom. The summed E-state index contributed by atoms with van der Waals surface area (Å²) in [5, 5.41) is 5.77. The van der Waals surface area contributed by atoms with Crippen LogP contribution in [0, 0.1) is 17.8 Å². The monoisotopic (exact) mass is 454 g/mol. The van der Waals surface area contributed by atoms with Gasteiger partial charge in [0.15, 0.2) is 0 Å². The summed E-state index contributed by atoms with van der Waals surface area (Å²) in [4.78, 5) is 57.5. The number of anilines is 1. The number of carbonyl (C=O) groups is 4. The van der Waals surface area contributed by atoms with Crippen LogP contribution in [0.5, 0.6) is 0 Å². The van der Waals surface area contributed by atoms with E-state index in [1.54, 1.807) is 9.80 Å². The Labute approximate surface area is 195 Å². The van der Waals surface area contributed by atoms with Gasteiger partial charge in [0.05, 0.1) is 0 Å². The van der Waals surface area contributed by atoms with E-state index < -0.39 is 24.2 Å². The molecule has 2 fully saturated rings. The Balaban J connectivity index is 1.82. The maximum atomic E-state index is 13.9. The Kier molecular flexibility index (Phi) is 6.20. The number of nitrogens with zero attached hydrogens (tertiary/aromatic N) is 2. The number of para-hydroxylation sites is 1. The Hall–Kier alpha value is -2.90. The minimum atomic E-state index is -0.815. The average molecular weight is 455 g/mol. The number of nitrogens with one attached hydrogen (secondary N) is 2. The standard InChI is InChI=1S/C25H34N4O4/c1-13(2)20-23(31)27-21(14(3)4)25(33)29-17-9-7-6-8-16(17)11-19(29)24(32)28-12-15(5)10-18(28)22(30)26-20/h6-9,13-15,18-21H,10-12H2,1-5H3,(H,26,30)(H,27,31)/t15?,18-,19-,20-,21-/m0/s1. The second kappa shape index (κ2) is 8.80. The normalized spacial score (nSPS) is 30.5. The lowest BCUT2D eigenvalue weighted by molar-refractivity contribution is -0.142. The minimum absolute atomic E-state index is 0.150. The van der Waals surface area contributed by atoms with Crippen LogP contribution in [-0.2, 0) is 25.6 Å². The van der Waals surface area contributed by atoms with Gasteiger partial charge >= 0.3 is 0 Å². The molecule has 0 saturated carbocycles. The van der Waals surface area contributed by atoms with Gasteiger partial charge in [0.2, 0.25) is 17.7 Å². The first-order valence-corrected chi connectivity index (χ1v) is 11.9. The molecule has 1 aromatic rings. The SMILES string of the molecule is CC1C[C@H]2C(=O)N[C@@H](C(C)C)C(=O)N[C@@H](C(C)C)C(=O)N3c4ccccc4C[C@H]3C(=O)N2C1. The number of hydrogen-bond acceptors (Lipinski definition) is 4. The molecule has 3 heterocycles. The third kappa shape index (κ3) is 4.11. The fourth-order valence-electron chi connectivity index (χ4n) is 5.28. The Bertz CT molecular complexity index is 975. The molecule has 3 aliphatic heterocycles. The number of hydrogen-bond donors (Lipinski definition) is 2. The maximum Gasteiger partial charge on any atom is 0.250 e. The zero-order chi connectivity index (χ0) is 24.0. The van der Waals surface area contributed by atoms with E-state index in [2.05, 4.69) is 10.6 Å². The zero-order valence-electron chi connectivity index (χ0n) is 20.0. The molecule has 8 nitrogen and oxygen atoms in total. The number of benzene rings is 1. The summed E-state index contributed by atoms with van der Waals surface area (Å²) in [6.07, 6.45) is 0.930. The molecule has 178 valence electrons. The fraction of sp³-hybridized carbons (Fsp3) is 0.600. The van der Waals surface area contributed by atoms with Crippen LogP contribution in [0.4, 0.5) is 5.69 Å². The van der Waals surface area contributed by atoms with Crippen molar-refractivity contribution in [2.75, 3.05) is 11.4 Å². The molecule has 0 spiro atoms. The first-order chi connectivity index (χ1) is 15.6. The van der Waals surface area contributed by atoms with Crippen molar-refractivity contribution >= 4 is 29.3 Å². The predicted molar refractivity (Wildman–Crippen MR) is 124 cm³/mol. The Morgan fingerprint density at radius 1 is 0.848 bits per heavy atom. The largest absolute Gasteiger partial charge is 0.342 e. The topological polar surface area (TPSA) is 98.8 Å². The first kappa shape index (κ1) is 23.3. The zero-order valence-corrected chi connectivity index (χ0v) is 20.0. The van der Waals surface area contributed by atoms with Crippen LogP contribution in [0.3, 0.4) is 0 Å². The molecule has 5 atom stereocenters. The second-order valence-corrected chi connectivity index (χ2v) is 10.4. The van der Waals surface area contributed by atoms with Gasteiger partial charge in [0.1, 0.15) is 24.2 Å². The summed E-state index contributed by atoms with van der Waals surface area (Å²) in [5.41, 5.74) is 1.62. The number of carbonyl (C=O) groups excluding carboxylic acids is 4. The van der Waals surface area contributed by atoms with Crippen LogP contribution in [0.25, 0.3) is 0 Å². The summed E-state index contributed by atoms with van der Waals surface area (Å²) in [5.74, 6) is -1.41. The van der Waals surface area contributed by atoms with Crippen LogP contribution in [0.1, 0.15) is 46.6 Å². The molecule has 0 bridgehead atoms. The molecule has 2 saturated heterocycles. The van der Waals surface area contributed by atoms with Crippen molar-refractivity contribution in [1.29, 1.82) is 0 Å². The summed E-state index contributed by atoms with van der Waals surface area (Å²) in [6, 6.07) is 4.53. The summed E-state index contributed by atoms with van der Waals surface area (Å²) < 4.78 is 0. The summed E-state index contributed by atoms with van der Waals surface area (Å²) in [6.45, 7) is 9.92. The molecule has 4 rings (SSSR count). The molecule has 2 N–H and O–H groups in total. The molecule has 0 aromatic heterocycles. The van der Waals surface area contributed by atoms with Crippen LogP contribution in [0.2, 0.25) is 0 Å². The van der Waals surface area contributed by atoms with E-state index in [-0.39, 0.29) is 41.4 Å². The highest BCUT2D eigenvalue weighted by atomic mass is 16.2. The molecule has 0 radical (unpaired) electrons. The van der Waals surface area contributed by atoms with Gasteiger partial charge in [-0.3, -0.25) is 24.1 Å². The minimum Gasteiger partial charge on any atom is -0.342 e. The van der Waals surface area contributed by atoms with Gasteiger partial charge in [-0.15, -0.1) is 0 Å². The molecular weight excluding hydrogens is 420 g/mol. The van der Waals surface area contributed by atoms with Crippen LogP contribution >= 0.6 is 0 Å². The second-order valence-electron chi connectivity index (χ2n) is 10.4. The molecular formula is C25H34N4O4. The first-order valence-electron chi connectivity index (χ1n) is 11.9. The maximum absolute atomic E-state index is 13.9. The van der Waals surface area contributed by atoms with E-state index in [4.69, 9.17) is 0 Å². The van der Waals surface area contributed by atoms with Gasteiger partial charge in [-0.25, -0.2) is 0 Å². The van der Waals surface area contributed by atoms with E-state index in [1.165, 1.54) is 0 Å². The molecule has 8 heteroatoms. The third-order valence-corrected chi connectivity index (χ3v) is 7.07. The molecule has 1 unspecified atom stereocenters. The predicted octanol–water partition coefficient (Wildman–Crippen LogP) is 1.48. The lowest BCUT2D eigenvalue weighted by Gasteiger charge is -2.36. The quantitative estimate of drug-likeness (QED) is 0.707. The van der Waals surface area contributed by atoms with E-state index in [1.807, 2.05) is 58.9 Å². The van der Waals surface area contributed by atoms with E-state index in [0.29, 0.717) is 25.1 Å². The van der Waals surface area contributed by atoms with Crippen molar-refractivity contribution in [3.63, 3.8) is 0 Å². The molecule has 33 heavy (non-hydrogen) atoms. The highest BCUT2D eigenvalue weighted by molar-refractivity contribution is 6.08. The molecule has 0 aliphatic carbocycles. The van der Waals surface area contributed by atoms with E-state index in [9.17, 15) is 19.2 Å². The van der Waals surface area contributed by atoms with E-state index >= 15 is 0 Å². The van der Waals surface area contributed by atoms with Crippen molar-refractivity contribution in [3.05, 3.63) is 29.8 Å². The number of rotatable bonds is 2. The van der Waals surface area contributed by atoms with Gasteiger partial charge in [-0.1, -0.05) is 52.8 Å².